The molecule has 6 nitrogen and oxygen atoms in total. The molecular weight excluding hydrogens is 222 g/mol. The second-order valence-corrected chi connectivity index (χ2v) is 2.55. The first-order valence-corrected chi connectivity index (χ1v) is 3.94. The van der Waals surface area contributed by atoms with Gasteiger partial charge in [-0.1, -0.05) is 0 Å². The third kappa shape index (κ3) is 3.61. The van der Waals surface area contributed by atoms with Gasteiger partial charge in [-0.2, -0.15) is 0 Å². The number of aromatic nitrogens is 1. The maximum atomic E-state index is 11.0. The summed E-state index contributed by atoms with van der Waals surface area (Å²) >= 11 is 0. The predicted molar refractivity (Wildman–Crippen MR) is 57.1 cm³/mol. The van der Waals surface area contributed by atoms with Crippen LogP contribution in [0.25, 0.3) is 0 Å². The number of halogens is 1. The van der Waals surface area contributed by atoms with Crippen molar-refractivity contribution in [3.63, 3.8) is 0 Å². The topological polar surface area (TPSA) is 97.2 Å². The molecular formula is C8H12ClN3O3. The van der Waals surface area contributed by atoms with Gasteiger partial charge in [-0.25, -0.2) is 4.79 Å². The highest BCUT2D eigenvalue weighted by atomic mass is 35.5. The molecule has 7 heteroatoms. The van der Waals surface area contributed by atoms with E-state index in [0.717, 1.165) is 0 Å². The Hall–Kier alpha value is -1.53. The highest BCUT2D eigenvalue weighted by Gasteiger charge is 2.08. The summed E-state index contributed by atoms with van der Waals surface area (Å²) in [5.74, 6) is -0.807. The number of carbonyl (C=O) groups excluding carboxylic acids is 2. The molecule has 0 saturated heterocycles. The van der Waals surface area contributed by atoms with E-state index in [9.17, 15) is 9.59 Å². The van der Waals surface area contributed by atoms with Crippen LogP contribution >= 0.6 is 12.4 Å². The molecule has 1 aromatic rings. The summed E-state index contributed by atoms with van der Waals surface area (Å²) in [6.45, 7) is -0.0985. The largest absolute Gasteiger partial charge is 0.464 e. The molecule has 0 atom stereocenters. The molecule has 0 fully saturated rings. The Bertz CT molecular complexity index is 351. The molecule has 84 valence electrons. The van der Waals surface area contributed by atoms with Gasteiger partial charge >= 0.3 is 5.97 Å². The van der Waals surface area contributed by atoms with E-state index in [1.54, 1.807) is 0 Å². The summed E-state index contributed by atoms with van der Waals surface area (Å²) in [4.78, 5) is 24.5. The van der Waals surface area contributed by atoms with Crippen LogP contribution in [0, 0.1) is 0 Å². The number of anilines is 1. The van der Waals surface area contributed by atoms with Gasteiger partial charge in [0.15, 0.2) is 0 Å². The average Bonchev–Trinajstić information content (AvgIpc) is 2.65. The number of H-pyrrole nitrogens is 1. The maximum Gasteiger partial charge on any atom is 0.354 e. The van der Waals surface area contributed by atoms with Crippen LogP contribution in [0.4, 0.5) is 5.69 Å². The fourth-order valence-corrected chi connectivity index (χ4v) is 0.906. The number of methoxy groups -OCH3 is 1. The first-order valence-electron chi connectivity index (χ1n) is 3.94. The Labute approximate surface area is 92.6 Å². The van der Waals surface area contributed by atoms with Gasteiger partial charge in [0.1, 0.15) is 5.69 Å². The summed E-state index contributed by atoms with van der Waals surface area (Å²) in [6, 6.07) is 1.47. The van der Waals surface area contributed by atoms with Crippen molar-refractivity contribution in [3.05, 3.63) is 18.0 Å². The number of esters is 1. The van der Waals surface area contributed by atoms with Gasteiger partial charge < -0.3 is 20.8 Å². The van der Waals surface area contributed by atoms with Gasteiger partial charge in [-0.15, -0.1) is 12.4 Å². The normalized spacial score (nSPS) is 8.93. The zero-order valence-corrected chi connectivity index (χ0v) is 8.89. The van der Waals surface area contributed by atoms with Gasteiger partial charge in [0.2, 0.25) is 5.91 Å². The number of carbonyl (C=O) groups is 2. The van der Waals surface area contributed by atoms with E-state index in [1.807, 2.05) is 0 Å². The van der Waals surface area contributed by atoms with E-state index < -0.39 is 5.97 Å². The number of amides is 1. The third-order valence-electron chi connectivity index (χ3n) is 1.56. The Morgan fingerprint density at radius 2 is 2.27 bits per heavy atom. The predicted octanol–water partition coefficient (Wildman–Crippen LogP) is 0.120. The molecule has 4 N–H and O–H groups in total. The fourth-order valence-electron chi connectivity index (χ4n) is 0.906. The molecule has 0 bridgehead atoms. The summed E-state index contributed by atoms with van der Waals surface area (Å²) in [7, 11) is 1.28. The van der Waals surface area contributed by atoms with Crippen molar-refractivity contribution in [2.45, 2.75) is 0 Å². The van der Waals surface area contributed by atoms with Crippen molar-refractivity contribution in [2.75, 3.05) is 19.0 Å². The number of hydrogen-bond donors (Lipinski definition) is 3. The zero-order valence-electron chi connectivity index (χ0n) is 8.07. The molecule has 15 heavy (non-hydrogen) atoms. The molecule has 0 unspecified atom stereocenters. The molecule has 0 saturated carbocycles. The van der Waals surface area contributed by atoms with E-state index >= 15 is 0 Å². The van der Waals surface area contributed by atoms with Crippen LogP contribution in [-0.2, 0) is 9.53 Å². The molecule has 0 aromatic carbocycles. The molecule has 1 aromatic heterocycles. The number of nitrogens with two attached hydrogens (primary N) is 1. The van der Waals surface area contributed by atoms with Crippen LogP contribution < -0.4 is 11.1 Å². The molecule has 0 aliphatic rings. The fraction of sp³-hybridized carbons (Fsp3) is 0.250. The average molecular weight is 234 g/mol. The summed E-state index contributed by atoms with van der Waals surface area (Å²) in [6.07, 6.45) is 1.49. The minimum Gasteiger partial charge on any atom is -0.464 e. The standard InChI is InChI=1S/C8H11N3O3.ClH/c1-14-8(13)6-2-5(4-10-6)11-7(12)3-9;/h2,4,10H,3,9H2,1H3,(H,11,12);1H. The Morgan fingerprint density at radius 3 is 2.80 bits per heavy atom. The Morgan fingerprint density at radius 1 is 1.60 bits per heavy atom. The SMILES string of the molecule is COC(=O)c1cc(NC(=O)CN)c[nH]1.Cl. The van der Waals surface area contributed by atoms with E-state index in [-0.39, 0.29) is 30.6 Å². The van der Waals surface area contributed by atoms with Gasteiger partial charge in [-0.3, -0.25) is 4.79 Å². The van der Waals surface area contributed by atoms with Crippen molar-refractivity contribution >= 4 is 30.0 Å². The minimum absolute atomic E-state index is 0. The second kappa shape index (κ2) is 6.05. The summed E-state index contributed by atoms with van der Waals surface area (Å²) < 4.78 is 4.47. The van der Waals surface area contributed by atoms with Crippen molar-refractivity contribution in [2.24, 2.45) is 5.73 Å². The molecule has 0 aliphatic carbocycles. The van der Waals surface area contributed by atoms with Crippen molar-refractivity contribution in [3.8, 4) is 0 Å². The van der Waals surface area contributed by atoms with Crippen LogP contribution in [0.15, 0.2) is 12.3 Å². The van der Waals surface area contributed by atoms with Gasteiger partial charge in [0.25, 0.3) is 0 Å². The maximum absolute atomic E-state index is 11.0. The lowest BCUT2D eigenvalue weighted by atomic mass is 10.4. The zero-order chi connectivity index (χ0) is 10.6. The van der Waals surface area contributed by atoms with E-state index in [4.69, 9.17) is 5.73 Å². The van der Waals surface area contributed by atoms with E-state index in [0.29, 0.717) is 5.69 Å². The lowest BCUT2D eigenvalue weighted by molar-refractivity contribution is -0.114. The monoisotopic (exact) mass is 233 g/mol. The molecule has 1 heterocycles. The van der Waals surface area contributed by atoms with Gasteiger partial charge in [-0.05, 0) is 6.07 Å². The number of hydrogen-bond acceptors (Lipinski definition) is 4. The quantitative estimate of drug-likeness (QED) is 0.646. The van der Waals surface area contributed by atoms with Crippen LogP contribution in [0.5, 0.6) is 0 Å². The highest BCUT2D eigenvalue weighted by Crippen LogP contribution is 2.09. The number of nitrogens with one attached hydrogen (secondary N) is 2. The number of rotatable bonds is 3. The van der Waals surface area contributed by atoms with Crippen LogP contribution in [0.1, 0.15) is 10.5 Å². The molecule has 0 radical (unpaired) electrons. The minimum atomic E-state index is -0.488. The van der Waals surface area contributed by atoms with Crippen LogP contribution in [0.3, 0.4) is 0 Å². The van der Waals surface area contributed by atoms with E-state index in [1.165, 1.54) is 19.4 Å². The molecule has 0 spiro atoms. The van der Waals surface area contributed by atoms with Crippen molar-refractivity contribution < 1.29 is 14.3 Å². The van der Waals surface area contributed by atoms with Gasteiger partial charge in [0.05, 0.1) is 19.3 Å². The Kier molecular flexibility index (Phi) is 5.43. The van der Waals surface area contributed by atoms with Gasteiger partial charge in [0, 0.05) is 6.20 Å². The highest BCUT2D eigenvalue weighted by molar-refractivity contribution is 5.94. The lowest BCUT2D eigenvalue weighted by Gasteiger charge is -1.97. The first-order chi connectivity index (χ1) is 6.67. The second-order valence-electron chi connectivity index (χ2n) is 2.55. The molecule has 0 aliphatic heterocycles. The third-order valence-corrected chi connectivity index (χ3v) is 1.56. The summed E-state index contributed by atoms with van der Waals surface area (Å²) in [5.41, 5.74) is 5.86. The first kappa shape index (κ1) is 13.5. The van der Waals surface area contributed by atoms with Crippen LogP contribution in [0.2, 0.25) is 0 Å². The molecule has 1 amide bonds. The lowest BCUT2D eigenvalue weighted by Crippen LogP contribution is -2.21. The number of aromatic amines is 1. The van der Waals surface area contributed by atoms with E-state index in [2.05, 4.69) is 15.0 Å². The van der Waals surface area contributed by atoms with Crippen molar-refractivity contribution in [1.29, 1.82) is 0 Å². The van der Waals surface area contributed by atoms with Crippen molar-refractivity contribution in [1.82, 2.24) is 4.98 Å². The smallest absolute Gasteiger partial charge is 0.354 e. The Balaban J connectivity index is 0.00000196. The summed E-state index contributed by atoms with van der Waals surface area (Å²) in [5, 5.41) is 2.49. The van der Waals surface area contributed by atoms with Crippen LogP contribution in [-0.4, -0.2) is 30.5 Å². The molecule has 1 rings (SSSR count). The number of ether oxygens (including phenoxy) is 1.